The van der Waals surface area contributed by atoms with Gasteiger partial charge in [0, 0.05) is 25.3 Å². The number of rotatable bonds is 4. The zero-order chi connectivity index (χ0) is 18.1. The van der Waals surface area contributed by atoms with E-state index in [-0.39, 0.29) is 23.8 Å². The minimum Gasteiger partial charge on any atom is -0.369 e. The molecule has 5 nitrogen and oxygen atoms in total. The molecule has 2 heterocycles. The second kappa shape index (κ2) is 6.83. The van der Waals surface area contributed by atoms with Gasteiger partial charge in [-0.05, 0) is 30.0 Å². The standard InChI is InChI=1S/C21H23N3O2/c22-20(25)17-10-12-23(14-17)21(26)19(16-7-2-1-3-8-16)24-13-11-15-6-4-5-9-18(15)24/h1-9,17,19H,10-14H2,(H2,22,25). The first-order valence-electron chi connectivity index (χ1n) is 9.13. The highest BCUT2D eigenvalue weighted by Gasteiger charge is 2.38. The molecule has 26 heavy (non-hydrogen) atoms. The first-order valence-corrected chi connectivity index (χ1v) is 9.13. The fourth-order valence-corrected chi connectivity index (χ4v) is 4.09. The maximum absolute atomic E-state index is 13.4. The van der Waals surface area contributed by atoms with Crippen molar-refractivity contribution in [3.05, 3.63) is 65.7 Å². The SMILES string of the molecule is NC(=O)C1CCN(C(=O)C(c2ccccc2)N2CCc3ccccc32)C1. The molecular formula is C21H23N3O2. The molecule has 0 aromatic heterocycles. The molecule has 0 bridgehead atoms. The summed E-state index contributed by atoms with van der Waals surface area (Å²) in [5.41, 5.74) is 8.83. The van der Waals surface area contributed by atoms with Crippen molar-refractivity contribution in [3.8, 4) is 0 Å². The number of nitrogens with two attached hydrogens (primary N) is 1. The maximum Gasteiger partial charge on any atom is 0.249 e. The number of primary amides is 1. The van der Waals surface area contributed by atoms with Gasteiger partial charge in [-0.15, -0.1) is 0 Å². The summed E-state index contributed by atoms with van der Waals surface area (Å²) in [6.45, 7) is 1.83. The first kappa shape index (κ1) is 16.6. The van der Waals surface area contributed by atoms with Crippen molar-refractivity contribution in [2.75, 3.05) is 24.5 Å². The highest BCUT2D eigenvalue weighted by atomic mass is 16.2. The van der Waals surface area contributed by atoms with E-state index in [1.807, 2.05) is 42.5 Å². The van der Waals surface area contributed by atoms with Crippen LogP contribution in [0.5, 0.6) is 0 Å². The molecule has 2 N–H and O–H groups in total. The van der Waals surface area contributed by atoms with Crippen LogP contribution >= 0.6 is 0 Å². The third kappa shape index (κ3) is 2.94. The third-order valence-corrected chi connectivity index (χ3v) is 5.49. The number of hydrogen-bond acceptors (Lipinski definition) is 3. The zero-order valence-electron chi connectivity index (χ0n) is 14.7. The van der Waals surface area contributed by atoms with Crippen molar-refractivity contribution in [1.29, 1.82) is 0 Å². The number of anilines is 1. The van der Waals surface area contributed by atoms with E-state index in [0.717, 1.165) is 24.2 Å². The van der Waals surface area contributed by atoms with Crippen molar-refractivity contribution < 1.29 is 9.59 Å². The van der Waals surface area contributed by atoms with Crippen LogP contribution in [-0.4, -0.2) is 36.3 Å². The summed E-state index contributed by atoms with van der Waals surface area (Å²) >= 11 is 0. The molecule has 2 amide bonds. The van der Waals surface area contributed by atoms with Gasteiger partial charge in [0.1, 0.15) is 6.04 Å². The van der Waals surface area contributed by atoms with Gasteiger partial charge in [0.05, 0.1) is 5.92 Å². The summed E-state index contributed by atoms with van der Waals surface area (Å²) in [5, 5.41) is 0. The van der Waals surface area contributed by atoms with E-state index in [4.69, 9.17) is 5.73 Å². The van der Waals surface area contributed by atoms with Gasteiger partial charge in [-0.2, -0.15) is 0 Å². The van der Waals surface area contributed by atoms with Crippen LogP contribution in [0, 0.1) is 5.92 Å². The van der Waals surface area contributed by atoms with Gasteiger partial charge in [0.25, 0.3) is 0 Å². The summed E-state index contributed by atoms with van der Waals surface area (Å²) in [6.07, 6.45) is 1.59. The Balaban J connectivity index is 1.67. The highest BCUT2D eigenvalue weighted by Crippen LogP contribution is 2.36. The molecule has 2 aliphatic rings. The van der Waals surface area contributed by atoms with Crippen LogP contribution in [0.25, 0.3) is 0 Å². The first-order chi connectivity index (χ1) is 12.6. The minimum atomic E-state index is -0.369. The molecule has 0 aliphatic carbocycles. The number of benzene rings is 2. The van der Waals surface area contributed by atoms with E-state index in [1.54, 1.807) is 4.90 Å². The predicted molar refractivity (Wildman–Crippen MR) is 101 cm³/mol. The molecular weight excluding hydrogens is 326 g/mol. The lowest BCUT2D eigenvalue weighted by Gasteiger charge is -2.33. The van der Waals surface area contributed by atoms with Crippen LogP contribution in [-0.2, 0) is 16.0 Å². The van der Waals surface area contributed by atoms with E-state index < -0.39 is 0 Å². The molecule has 134 valence electrons. The monoisotopic (exact) mass is 349 g/mol. The van der Waals surface area contributed by atoms with E-state index >= 15 is 0 Å². The molecule has 1 saturated heterocycles. The molecule has 0 spiro atoms. The molecule has 2 unspecified atom stereocenters. The van der Waals surface area contributed by atoms with Crippen LogP contribution in [0.2, 0.25) is 0 Å². The minimum absolute atomic E-state index is 0.0525. The maximum atomic E-state index is 13.4. The largest absolute Gasteiger partial charge is 0.369 e. The lowest BCUT2D eigenvalue weighted by Crippen LogP contribution is -2.42. The summed E-state index contributed by atoms with van der Waals surface area (Å²) in [6, 6.07) is 17.8. The Morgan fingerprint density at radius 2 is 1.73 bits per heavy atom. The van der Waals surface area contributed by atoms with E-state index in [0.29, 0.717) is 19.5 Å². The number of carbonyl (C=O) groups excluding carboxylic acids is 2. The number of fused-ring (bicyclic) bond motifs is 1. The van der Waals surface area contributed by atoms with Crippen LogP contribution < -0.4 is 10.6 Å². The molecule has 2 aliphatic heterocycles. The van der Waals surface area contributed by atoms with Crippen molar-refractivity contribution in [2.24, 2.45) is 11.7 Å². The van der Waals surface area contributed by atoms with Gasteiger partial charge in [-0.1, -0.05) is 48.5 Å². The van der Waals surface area contributed by atoms with Crippen LogP contribution in [0.4, 0.5) is 5.69 Å². The number of para-hydroxylation sites is 1. The topological polar surface area (TPSA) is 66.6 Å². The van der Waals surface area contributed by atoms with Crippen molar-refractivity contribution in [3.63, 3.8) is 0 Å². The van der Waals surface area contributed by atoms with E-state index in [2.05, 4.69) is 17.0 Å². The summed E-state index contributed by atoms with van der Waals surface area (Å²) in [4.78, 5) is 28.9. The van der Waals surface area contributed by atoms with E-state index in [9.17, 15) is 9.59 Å². The summed E-state index contributed by atoms with van der Waals surface area (Å²) in [7, 11) is 0. The zero-order valence-corrected chi connectivity index (χ0v) is 14.7. The number of nitrogens with zero attached hydrogens (tertiary/aromatic N) is 2. The Kier molecular flexibility index (Phi) is 4.37. The summed E-state index contributed by atoms with van der Waals surface area (Å²) < 4.78 is 0. The Labute approximate surface area is 153 Å². The normalized spacial score (nSPS) is 20.1. The average Bonchev–Trinajstić information content (AvgIpc) is 3.31. The molecule has 2 aromatic rings. The fraction of sp³-hybridized carbons (Fsp3) is 0.333. The second-order valence-electron chi connectivity index (χ2n) is 7.06. The Hall–Kier alpha value is -2.82. The number of likely N-dealkylation sites (tertiary alicyclic amines) is 1. The predicted octanol–water partition coefficient (Wildman–Crippen LogP) is 2.12. The molecule has 1 fully saturated rings. The van der Waals surface area contributed by atoms with Crippen molar-refractivity contribution in [1.82, 2.24) is 4.90 Å². The Morgan fingerprint density at radius 1 is 1.00 bits per heavy atom. The number of carbonyl (C=O) groups is 2. The lowest BCUT2D eigenvalue weighted by molar-refractivity contribution is -0.132. The van der Waals surface area contributed by atoms with Gasteiger partial charge >= 0.3 is 0 Å². The molecule has 2 atom stereocenters. The van der Waals surface area contributed by atoms with Crippen LogP contribution in [0.15, 0.2) is 54.6 Å². The molecule has 5 heteroatoms. The Bertz CT molecular complexity index is 821. The van der Waals surface area contributed by atoms with Gasteiger partial charge in [-0.25, -0.2) is 0 Å². The van der Waals surface area contributed by atoms with E-state index in [1.165, 1.54) is 5.56 Å². The third-order valence-electron chi connectivity index (χ3n) is 5.49. The smallest absolute Gasteiger partial charge is 0.249 e. The van der Waals surface area contributed by atoms with Gasteiger partial charge in [-0.3, -0.25) is 9.59 Å². The quantitative estimate of drug-likeness (QED) is 0.919. The van der Waals surface area contributed by atoms with Crippen LogP contribution in [0.3, 0.4) is 0 Å². The van der Waals surface area contributed by atoms with Crippen molar-refractivity contribution >= 4 is 17.5 Å². The lowest BCUT2D eigenvalue weighted by atomic mass is 10.0. The number of hydrogen-bond donors (Lipinski definition) is 1. The molecule has 0 radical (unpaired) electrons. The Morgan fingerprint density at radius 3 is 2.46 bits per heavy atom. The number of amides is 2. The fourth-order valence-electron chi connectivity index (χ4n) is 4.09. The van der Waals surface area contributed by atoms with Gasteiger partial charge < -0.3 is 15.5 Å². The average molecular weight is 349 g/mol. The molecule has 4 rings (SSSR count). The van der Waals surface area contributed by atoms with Crippen LogP contribution in [0.1, 0.15) is 23.6 Å². The second-order valence-corrected chi connectivity index (χ2v) is 7.06. The molecule has 2 aromatic carbocycles. The summed E-state index contributed by atoms with van der Waals surface area (Å²) in [5.74, 6) is -0.499. The molecule has 0 saturated carbocycles. The van der Waals surface area contributed by atoms with Gasteiger partial charge in [0.2, 0.25) is 11.8 Å². The highest BCUT2D eigenvalue weighted by molar-refractivity contribution is 5.89. The van der Waals surface area contributed by atoms with Gasteiger partial charge in [0.15, 0.2) is 0 Å². The van der Waals surface area contributed by atoms with Crippen molar-refractivity contribution in [2.45, 2.75) is 18.9 Å².